The topological polar surface area (TPSA) is 0 Å². The molecule has 1 rings (SSSR count). The highest BCUT2D eigenvalue weighted by molar-refractivity contribution is 6.18. The maximum absolute atomic E-state index is 6.09. The molecule has 0 saturated heterocycles. The zero-order valence-electron chi connectivity index (χ0n) is 9.96. The van der Waals surface area contributed by atoms with E-state index in [9.17, 15) is 0 Å². The van der Waals surface area contributed by atoms with Gasteiger partial charge in [0.15, 0.2) is 0 Å². The molecule has 0 spiro atoms. The fraction of sp³-hybridized carbons (Fsp3) is 0.571. The van der Waals surface area contributed by atoms with Crippen LogP contribution in [0.1, 0.15) is 43.7 Å². The maximum Gasteiger partial charge on any atom is 0.0294 e. The van der Waals surface area contributed by atoms with Crippen molar-refractivity contribution in [2.24, 2.45) is 5.92 Å². The van der Waals surface area contributed by atoms with Crippen LogP contribution >= 0.6 is 11.6 Å². The van der Waals surface area contributed by atoms with Crippen LogP contribution in [0.3, 0.4) is 0 Å². The number of hydrogen-bond donors (Lipinski definition) is 0. The van der Waals surface area contributed by atoms with Crippen molar-refractivity contribution >= 4 is 11.6 Å². The van der Waals surface area contributed by atoms with Crippen LogP contribution in [0, 0.1) is 12.8 Å². The van der Waals surface area contributed by atoms with E-state index in [2.05, 4.69) is 45.0 Å². The van der Waals surface area contributed by atoms with E-state index in [1.165, 1.54) is 24.0 Å². The highest BCUT2D eigenvalue weighted by Crippen LogP contribution is 2.29. The SMILES string of the molecule is CCCC(C)C(CCl)c1cccc(C)c1. The molecule has 0 aromatic heterocycles. The summed E-state index contributed by atoms with van der Waals surface area (Å²) in [7, 11) is 0. The average Bonchev–Trinajstić information content (AvgIpc) is 2.19. The van der Waals surface area contributed by atoms with E-state index in [0.29, 0.717) is 11.8 Å². The van der Waals surface area contributed by atoms with Crippen LogP contribution in [-0.4, -0.2) is 5.88 Å². The summed E-state index contributed by atoms with van der Waals surface area (Å²) in [5, 5.41) is 0. The van der Waals surface area contributed by atoms with E-state index in [0.717, 1.165) is 5.88 Å². The first-order valence-electron chi connectivity index (χ1n) is 5.81. The van der Waals surface area contributed by atoms with E-state index >= 15 is 0 Å². The molecular weight excluding hydrogens is 204 g/mol. The van der Waals surface area contributed by atoms with Crippen molar-refractivity contribution < 1.29 is 0 Å². The zero-order chi connectivity index (χ0) is 11.3. The Balaban J connectivity index is 2.82. The summed E-state index contributed by atoms with van der Waals surface area (Å²) >= 11 is 6.09. The first kappa shape index (κ1) is 12.6. The Bertz CT molecular complexity index is 293. The van der Waals surface area contributed by atoms with Crippen LogP contribution in [0.25, 0.3) is 0 Å². The monoisotopic (exact) mass is 224 g/mol. The summed E-state index contributed by atoms with van der Waals surface area (Å²) in [6.07, 6.45) is 2.49. The lowest BCUT2D eigenvalue weighted by molar-refractivity contribution is 0.451. The zero-order valence-corrected chi connectivity index (χ0v) is 10.7. The van der Waals surface area contributed by atoms with Crippen LogP contribution in [0.5, 0.6) is 0 Å². The first-order chi connectivity index (χ1) is 7.19. The number of alkyl halides is 1. The molecule has 0 aliphatic carbocycles. The molecule has 0 amide bonds. The molecule has 2 atom stereocenters. The molecule has 84 valence electrons. The van der Waals surface area contributed by atoms with Gasteiger partial charge in [-0.3, -0.25) is 0 Å². The van der Waals surface area contributed by atoms with Crippen LogP contribution in [-0.2, 0) is 0 Å². The molecule has 2 unspecified atom stereocenters. The van der Waals surface area contributed by atoms with Gasteiger partial charge in [0.05, 0.1) is 0 Å². The van der Waals surface area contributed by atoms with Crippen LogP contribution < -0.4 is 0 Å². The number of aryl methyl sites for hydroxylation is 1. The van der Waals surface area contributed by atoms with Gasteiger partial charge in [-0.25, -0.2) is 0 Å². The quantitative estimate of drug-likeness (QED) is 0.633. The molecule has 0 bridgehead atoms. The highest BCUT2D eigenvalue weighted by Gasteiger charge is 2.17. The number of hydrogen-bond acceptors (Lipinski definition) is 0. The molecule has 15 heavy (non-hydrogen) atoms. The van der Waals surface area contributed by atoms with E-state index in [1.54, 1.807) is 0 Å². The summed E-state index contributed by atoms with van der Waals surface area (Å²) in [5.41, 5.74) is 2.72. The van der Waals surface area contributed by atoms with Gasteiger partial charge in [0.2, 0.25) is 0 Å². The molecule has 1 aromatic carbocycles. The predicted octanol–water partition coefficient (Wildman–Crippen LogP) is 4.75. The third-order valence-corrected chi connectivity index (χ3v) is 3.40. The van der Waals surface area contributed by atoms with Crippen molar-refractivity contribution in [3.8, 4) is 0 Å². The molecule has 0 nitrogen and oxygen atoms in total. The fourth-order valence-electron chi connectivity index (χ4n) is 2.13. The lowest BCUT2D eigenvalue weighted by atomic mass is 9.85. The first-order valence-corrected chi connectivity index (χ1v) is 6.35. The lowest BCUT2D eigenvalue weighted by Crippen LogP contribution is -2.11. The molecule has 0 fully saturated rings. The Morgan fingerprint density at radius 1 is 1.33 bits per heavy atom. The molecule has 1 heteroatoms. The Kier molecular flexibility index (Phi) is 5.17. The van der Waals surface area contributed by atoms with Crippen molar-refractivity contribution in [3.63, 3.8) is 0 Å². The Labute approximate surface area is 98.7 Å². The van der Waals surface area contributed by atoms with Crippen molar-refractivity contribution in [1.82, 2.24) is 0 Å². The smallest absolute Gasteiger partial charge is 0.0294 e. The Hall–Kier alpha value is -0.490. The second kappa shape index (κ2) is 6.17. The molecular formula is C14H21Cl. The Morgan fingerprint density at radius 3 is 2.60 bits per heavy atom. The van der Waals surface area contributed by atoms with Gasteiger partial charge in [-0.15, -0.1) is 11.6 Å². The van der Waals surface area contributed by atoms with E-state index in [-0.39, 0.29) is 0 Å². The standard InChI is InChI=1S/C14H21Cl/c1-4-6-12(3)14(10-15)13-8-5-7-11(2)9-13/h5,7-9,12,14H,4,6,10H2,1-3H3. The molecule has 0 radical (unpaired) electrons. The molecule has 0 aliphatic heterocycles. The third kappa shape index (κ3) is 3.53. The Morgan fingerprint density at radius 2 is 2.07 bits per heavy atom. The van der Waals surface area contributed by atoms with Gasteiger partial charge < -0.3 is 0 Å². The normalized spacial score (nSPS) is 14.9. The molecule has 0 saturated carbocycles. The summed E-state index contributed by atoms with van der Waals surface area (Å²) in [6.45, 7) is 6.68. The minimum Gasteiger partial charge on any atom is -0.126 e. The van der Waals surface area contributed by atoms with Gasteiger partial charge in [0.1, 0.15) is 0 Å². The van der Waals surface area contributed by atoms with Crippen molar-refractivity contribution in [2.45, 2.75) is 39.5 Å². The molecule has 0 N–H and O–H groups in total. The number of rotatable bonds is 5. The largest absolute Gasteiger partial charge is 0.126 e. The minimum absolute atomic E-state index is 0.506. The van der Waals surface area contributed by atoms with Crippen molar-refractivity contribution in [1.29, 1.82) is 0 Å². The van der Waals surface area contributed by atoms with Gasteiger partial charge in [-0.05, 0) is 24.3 Å². The lowest BCUT2D eigenvalue weighted by Gasteiger charge is -2.22. The molecule has 0 heterocycles. The van der Waals surface area contributed by atoms with Gasteiger partial charge in [-0.2, -0.15) is 0 Å². The van der Waals surface area contributed by atoms with Crippen molar-refractivity contribution in [3.05, 3.63) is 35.4 Å². The van der Waals surface area contributed by atoms with Gasteiger partial charge >= 0.3 is 0 Å². The summed E-state index contributed by atoms with van der Waals surface area (Å²) in [5.74, 6) is 1.91. The summed E-state index contributed by atoms with van der Waals surface area (Å²) in [4.78, 5) is 0. The van der Waals surface area contributed by atoms with Gasteiger partial charge in [-0.1, -0.05) is 56.5 Å². The predicted molar refractivity (Wildman–Crippen MR) is 68.7 cm³/mol. The number of benzene rings is 1. The fourth-order valence-corrected chi connectivity index (χ4v) is 2.61. The maximum atomic E-state index is 6.09. The summed E-state index contributed by atoms with van der Waals surface area (Å²) in [6, 6.07) is 8.73. The molecule has 0 aliphatic rings. The van der Waals surface area contributed by atoms with Crippen LogP contribution in [0.4, 0.5) is 0 Å². The highest BCUT2D eigenvalue weighted by atomic mass is 35.5. The van der Waals surface area contributed by atoms with Gasteiger partial charge in [0, 0.05) is 5.88 Å². The van der Waals surface area contributed by atoms with Gasteiger partial charge in [0.25, 0.3) is 0 Å². The second-order valence-electron chi connectivity index (χ2n) is 4.44. The average molecular weight is 225 g/mol. The second-order valence-corrected chi connectivity index (χ2v) is 4.75. The van der Waals surface area contributed by atoms with Crippen LogP contribution in [0.15, 0.2) is 24.3 Å². The number of halogens is 1. The van der Waals surface area contributed by atoms with E-state index in [4.69, 9.17) is 11.6 Å². The van der Waals surface area contributed by atoms with E-state index in [1.807, 2.05) is 0 Å². The van der Waals surface area contributed by atoms with E-state index < -0.39 is 0 Å². The summed E-state index contributed by atoms with van der Waals surface area (Å²) < 4.78 is 0. The third-order valence-electron chi connectivity index (χ3n) is 3.07. The van der Waals surface area contributed by atoms with Crippen LogP contribution in [0.2, 0.25) is 0 Å². The van der Waals surface area contributed by atoms with Crippen molar-refractivity contribution in [2.75, 3.05) is 5.88 Å². The molecule has 1 aromatic rings. The minimum atomic E-state index is 0.506.